The van der Waals surface area contributed by atoms with Gasteiger partial charge in [-0.15, -0.1) is 0 Å². The molecule has 2 aliphatic carbocycles. The third-order valence-electron chi connectivity index (χ3n) is 6.58. The SMILES string of the molecule is CCCO[Si](OCC(C)CC)(C1CCCCC1)C1CCC(C)CC1. The van der Waals surface area contributed by atoms with E-state index in [1.54, 1.807) is 0 Å². The molecule has 0 saturated heterocycles. The molecule has 0 bridgehead atoms. The monoisotopic (exact) mass is 354 g/mol. The lowest BCUT2D eigenvalue weighted by atomic mass is 9.90. The van der Waals surface area contributed by atoms with Crippen LogP contribution in [0.2, 0.25) is 11.1 Å². The molecule has 0 aliphatic heterocycles. The minimum atomic E-state index is -2.12. The van der Waals surface area contributed by atoms with Crippen molar-refractivity contribution in [3.8, 4) is 0 Å². The van der Waals surface area contributed by atoms with Crippen LogP contribution in [0.5, 0.6) is 0 Å². The molecule has 3 heteroatoms. The van der Waals surface area contributed by atoms with Gasteiger partial charge in [0, 0.05) is 24.3 Å². The highest BCUT2D eigenvalue weighted by molar-refractivity contribution is 6.70. The third-order valence-corrected chi connectivity index (χ3v) is 11.3. The summed E-state index contributed by atoms with van der Waals surface area (Å²) in [6.07, 6.45) is 14.7. The summed E-state index contributed by atoms with van der Waals surface area (Å²) in [6.45, 7) is 11.1. The van der Waals surface area contributed by atoms with E-state index in [0.717, 1.165) is 36.6 Å². The predicted molar refractivity (Wildman–Crippen MR) is 106 cm³/mol. The van der Waals surface area contributed by atoms with E-state index in [1.807, 2.05) is 0 Å². The van der Waals surface area contributed by atoms with Gasteiger partial charge in [0.2, 0.25) is 0 Å². The van der Waals surface area contributed by atoms with E-state index in [4.69, 9.17) is 8.85 Å². The molecule has 142 valence electrons. The minimum Gasteiger partial charge on any atom is -0.394 e. The summed E-state index contributed by atoms with van der Waals surface area (Å²) in [7, 11) is -2.12. The van der Waals surface area contributed by atoms with Gasteiger partial charge in [-0.3, -0.25) is 0 Å². The Hall–Kier alpha value is 0.137. The molecule has 0 aromatic rings. The summed E-state index contributed by atoms with van der Waals surface area (Å²) < 4.78 is 13.7. The van der Waals surface area contributed by atoms with E-state index in [2.05, 4.69) is 27.7 Å². The molecule has 0 radical (unpaired) electrons. The molecule has 2 nitrogen and oxygen atoms in total. The second kappa shape index (κ2) is 10.3. The van der Waals surface area contributed by atoms with Crippen LogP contribution >= 0.6 is 0 Å². The molecule has 2 rings (SSSR count). The fourth-order valence-electron chi connectivity index (χ4n) is 4.67. The van der Waals surface area contributed by atoms with E-state index < -0.39 is 8.56 Å². The fourth-order valence-corrected chi connectivity index (χ4v) is 9.78. The highest BCUT2D eigenvalue weighted by Gasteiger charge is 2.52. The van der Waals surface area contributed by atoms with Crippen molar-refractivity contribution in [3.63, 3.8) is 0 Å². The second-order valence-electron chi connectivity index (χ2n) is 8.69. The summed E-state index contributed by atoms with van der Waals surface area (Å²) in [4.78, 5) is 0. The maximum absolute atomic E-state index is 6.92. The molecule has 0 amide bonds. The molecule has 0 spiro atoms. The maximum atomic E-state index is 6.92. The van der Waals surface area contributed by atoms with Gasteiger partial charge in [0.05, 0.1) is 0 Å². The first-order valence-electron chi connectivity index (χ1n) is 10.9. The van der Waals surface area contributed by atoms with Crippen LogP contribution in [0, 0.1) is 11.8 Å². The van der Waals surface area contributed by atoms with Crippen LogP contribution in [0.3, 0.4) is 0 Å². The summed E-state index contributed by atoms with van der Waals surface area (Å²) in [6, 6.07) is 0. The first kappa shape index (κ1) is 20.4. The Kier molecular flexibility index (Phi) is 8.80. The number of hydrogen-bond acceptors (Lipinski definition) is 2. The Morgan fingerprint density at radius 1 is 0.875 bits per heavy atom. The van der Waals surface area contributed by atoms with Gasteiger partial charge in [-0.25, -0.2) is 0 Å². The van der Waals surface area contributed by atoms with Crippen molar-refractivity contribution < 1.29 is 8.85 Å². The van der Waals surface area contributed by atoms with Crippen LogP contribution in [0.15, 0.2) is 0 Å². The van der Waals surface area contributed by atoms with Gasteiger partial charge in [0.15, 0.2) is 0 Å². The lowest BCUT2D eigenvalue weighted by Gasteiger charge is -2.46. The molecule has 2 unspecified atom stereocenters. The van der Waals surface area contributed by atoms with E-state index >= 15 is 0 Å². The molecule has 0 heterocycles. The maximum Gasteiger partial charge on any atom is 0.344 e. The van der Waals surface area contributed by atoms with Crippen LogP contribution < -0.4 is 0 Å². The van der Waals surface area contributed by atoms with Gasteiger partial charge >= 0.3 is 8.56 Å². The predicted octanol–water partition coefficient (Wildman–Crippen LogP) is 6.83. The average molecular weight is 355 g/mol. The highest BCUT2D eigenvalue weighted by Crippen LogP contribution is 2.50. The quantitative estimate of drug-likeness (QED) is 0.422. The Bertz CT molecular complexity index is 335. The van der Waals surface area contributed by atoms with Crippen LogP contribution in [-0.4, -0.2) is 21.8 Å². The molecule has 2 atom stereocenters. The highest BCUT2D eigenvalue weighted by atomic mass is 28.4. The summed E-state index contributed by atoms with van der Waals surface area (Å²) >= 11 is 0. The van der Waals surface area contributed by atoms with E-state index in [9.17, 15) is 0 Å². The molecule has 0 N–H and O–H groups in total. The molecule has 2 fully saturated rings. The zero-order valence-electron chi connectivity index (χ0n) is 16.8. The molecule has 0 aromatic heterocycles. The van der Waals surface area contributed by atoms with Crippen molar-refractivity contribution in [2.24, 2.45) is 11.8 Å². The van der Waals surface area contributed by atoms with Gasteiger partial charge < -0.3 is 8.85 Å². The molecule has 2 saturated carbocycles. The molecule has 0 aromatic carbocycles. The van der Waals surface area contributed by atoms with E-state index in [0.29, 0.717) is 5.92 Å². The summed E-state index contributed by atoms with van der Waals surface area (Å²) in [5.41, 5.74) is 1.49. The first-order chi connectivity index (χ1) is 11.6. The van der Waals surface area contributed by atoms with Gasteiger partial charge in [0.25, 0.3) is 0 Å². The largest absolute Gasteiger partial charge is 0.394 e. The van der Waals surface area contributed by atoms with Crippen molar-refractivity contribution in [2.45, 2.75) is 109 Å². The number of hydrogen-bond donors (Lipinski definition) is 0. The Labute approximate surface area is 152 Å². The molecule has 24 heavy (non-hydrogen) atoms. The zero-order chi connectivity index (χ0) is 17.4. The first-order valence-corrected chi connectivity index (χ1v) is 12.9. The van der Waals surface area contributed by atoms with E-state index in [-0.39, 0.29) is 0 Å². The molecule has 2 aliphatic rings. The smallest absolute Gasteiger partial charge is 0.344 e. The lowest BCUT2D eigenvalue weighted by Crippen LogP contribution is -2.53. The fraction of sp³-hybridized carbons (Fsp3) is 1.00. The topological polar surface area (TPSA) is 18.5 Å². The lowest BCUT2D eigenvalue weighted by molar-refractivity contribution is 0.115. The van der Waals surface area contributed by atoms with Crippen molar-refractivity contribution in [2.75, 3.05) is 13.2 Å². The van der Waals surface area contributed by atoms with Crippen molar-refractivity contribution in [1.82, 2.24) is 0 Å². The average Bonchev–Trinajstić information content (AvgIpc) is 2.63. The Morgan fingerprint density at radius 3 is 2.08 bits per heavy atom. The van der Waals surface area contributed by atoms with Crippen molar-refractivity contribution >= 4 is 8.56 Å². The molecular weight excluding hydrogens is 312 g/mol. The van der Waals surface area contributed by atoms with Crippen LogP contribution in [0.1, 0.15) is 98.3 Å². The van der Waals surface area contributed by atoms with Crippen molar-refractivity contribution in [1.29, 1.82) is 0 Å². The van der Waals surface area contributed by atoms with Gasteiger partial charge in [-0.1, -0.05) is 66.2 Å². The van der Waals surface area contributed by atoms with Gasteiger partial charge in [0.1, 0.15) is 0 Å². The van der Waals surface area contributed by atoms with Gasteiger partial charge in [-0.05, 0) is 43.9 Å². The third kappa shape index (κ3) is 5.31. The van der Waals surface area contributed by atoms with E-state index in [1.165, 1.54) is 64.2 Å². The number of rotatable bonds is 9. The van der Waals surface area contributed by atoms with Crippen LogP contribution in [0.25, 0.3) is 0 Å². The minimum absolute atomic E-state index is 0.660. The van der Waals surface area contributed by atoms with Crippen molar-refractivity contribution in [3.05, 3.63) is 0 Å². The summed E-state index contributed by atoms with van der Waals surface area (Å²) in [5.74, 6) is 1.56. The van der Waals surface area contributed by atoms with Crippen LogP contribution in [-0.2, 0) is 8.85 Å². The summed E-state index contributed by atoms with van der Waals surface area (Å²) in [5, 5.41) is 0. The normalized spacial score (nSPS) is 30.0. The Balaban J connectivity index is 2.19. The molecular formula is C21H42O2Si. The second-order valence-corrected chi connectivity index (χ2v) is 12.3. The standard InChI is InChI=1S/C21H42O2Si/c1-5-16-22-24(23-17-18(3)6-2,20-10-8-7-9-11-20)21-14-12-19(4)13-15-21/h18-21H,5-17H2,1-4H3. The Morgan fingerprint density at radius 2 is 1.50 bits per heavy atom. The van der Waals surface area contributed by atoms with Gasteiger partial charge in [-0.2, -0.15) is 0 Å². The zero-order valence-corrected chi connectivity index (χ0v) is 17.8. The van der Waals surface area contributed by atoms with Crippen LogP contribution in [0.4, 0.5) is 0 Å².